The summed E-state index contributed by atoms with van der Waals surface area (Å²) in [4.78, 5) is 2.30. The largest absolute Gasteiger partial charge is 0.394 e. The van der Waals surface area contributed by atoms with E-state index < -0.39 is 0 Å². The molecule has 0 aliphatic carbocycles. The van der Waals surface area contributed by atoms with Crippen LogP contribution in [0.4, 0.5) is 11.5 Å². The van der Waals surface area contributed by atoms with E-state index in [9.17, 15) is 0 Å². The molecular weight excluding hydrogens is 190 g/mol. The van der Waals surface area contributed by atoms with Crippen LogP contribution in [0.5, 0.6) is 0 Å². The van der Waals surface area contributed by atoms with Crippen molar-refractivity contribution in [1.82, 2.24) is 15.1 Å². The smallest absolute Gasteiger partial charge is 0.150 e. The number of nitrogen functional groups attached to an aromatic ring is 1. The molecule has 2 rings (SSSR count). The van der Waals surface area contributed by atoms with Crippen LogP contribution in [-0.4, -0.2) is 36.0 Å². The molecule has 5 heteroatoms. The Morgan fingerprint density at radius 1 is 1.40 bits per heavy atom. The van der Waals surface area contributed by atoms with Gasteiger partial charge in [-0.05, 0) is 6.42 Å². The lowest BCUT2D eigenvalue weighted by atomic mass is 10.2. The van der Waals surface area contributed by atoms with Crippen LogP contribution in [0.15, 0.2) is 0 Å². The highest BCUT2D eigenvalue weighted by Gasteiger charge is 2.19. The highest BCUT2D eigenvalue weighted by Crippen LogP contribution is 2.26. The van der Waals surface area contributed by atoms with Gasteiger partial charge in [-0.25, -0.2) is 0 Å². The monoisotopic (exact) mass is 209 g/mol. The zero-order valence-electron chi connectivity index (χ0n) is 9.45. The Bertz CT molecular complexity index is 338. The summed E-state index contributed by atoms with van der Waals surface area (Å²) in [6, 6.07) is 0. The average Bonchev–Trinajstić information content (AvgIpc) is 2.55. The highest BCUT2D eigenvalue weighted by molar-refractivity contribution is 5.66. The van der Waals surface area contributed by atoms with Gasteiger partial charge >= 0.3 is 0 Å². The van der Waals surface area contributed by atoms with Gasteiger partial charge in [0.15, 0.2) is 0 Å². The highest BCUT2D eigenvalue weighted by atomic mass is 15.4. The Hall–Kier alpha value is -1.23. The minimum atomic E-state index is 0.849. The summed E-state index contributed by atoms with van der Waals surface area (Å²) < 4.78 is 1.90. The standard InChI is InChI=1S/C10H19N5/c1-3-8-9(11)10(14(2)13-8)15-6-4-12-5-7-15/h12H,3-7,11H2,1-2H3. The number of piperazine rings is 1. The summed E-state index contributed by atoms with van der Waals surface area (Å²) in [7, 11) is 1.97. The molecule has 2 heterocycles. The summed E-state index contributed by atoms with van der Waals surface area (Å²) in [5, 5.41) is 7.77. The molecule has 15 heavy (non-hydrogen) atoms. The summed E-state index contributed by atoms with van der Waals surface area (Å²) in [6.45, 7) is 6.14. The van der Waals surface area contributed by atoms with E-state index in [2.05, 4.69) is 22.2 Å². The molecule has 0 amide bonds. The fourth-order valence-electron chi connectivity index (χ4n) is 2.10. The van der Waals surface area contributed by atoms with Gasteiger partial charge in [0, 0.05) is 33.2 Å². The van der Waals surface area contributed by atoms with E-state index in [1.165, 1.54) is 0 Å². The Morgan fingerprint density at radius 2 is 2.07 bits per heavy atom. The molecule has 0 spiro atoms. The van der Waals surface area contributed by atoms with Gasteiger partial charge in [0.1, 0.15) is 5.82 Å². The first kappa shape index (κ1) is 10.3. The van der Waals surface area contributed by atoms with Gasteiger partial charge in [-0.1, -0.05) is 6.92 Å². The molecule has 0 atom stereocenters. The van der Waals surface area contributed by atoms with E-state index >= 15 is 0 Å². The van der Waals surface area contributed by atoms with Crippen LogP contribution in [0.1, 0.15) is 12.6 Å². The van der Waals surface area contributed by atoms with Crippen LogP contribution < -0.4 is 16.0 Å². The van der Waals surface area contributed by atoms with Gasteiger partial charge in [-0.15, -0.1) is 0 Å². The molecule has 84 valence electrons. The fourth-order valence-corrected chi connectivity index (χ4v) is 2.10. The van der Waals surface area contributed by atoms with Crippen LogP contribution in [0.2, 0.25) is 0 Å². The topological polar surface area (TPSA) is 59.1 Å². The minimum absolute atomic E-state index is 0.849. The Kier molecular flexibility index (Phi) is 2.81. The SMILES string of the molecule is CCc1nn(C)c(N2CCNCC2)c1N. The summed E-state index contributed by atoms with van der Waals surface area (Å²) in [5.74, 6) is 1.08. The number of hydrogen-bond acceptors (Lipinski definition) is 4. The first-order valence-electron chi connectivity index (χ1n) is 5.51. The second-order valence-corrected chi connectivity index (χ2v) is 3.90. The van der Waals surface area contributed by atoms with Crippen molar-refractivity contribution in [3.63, 3.8) is 0 Å². The van der Waals surface area contributed by atoms with E-state index in [1.807, 2.05) is 11.7 Å². The van der Waals surface area contributed by atoms with Crippen molar-refractivity contribution in [3.05, 3.63) is 5.69 Å². The number of aryl methyl sites for hydroxylation is 2. The average molecular weight is 209 g/mol. The summed E-state index contributed by atoms with van der Waals surface area (Å²) in [6.07, 6.45) is 0.895. The lowest BCUT2D eigenvalue weighted by molar-refractivity contribution is 0.572. The number of hydrogen-bond donors (Lipinski definition) is 2. The molecule has 1 saturated heterocycles. The summed E-state index contributed by atoms with van der Waals surface area (Å²) >= 11 is 0. The molecule has 1 aromatic heterocycles. The second-order valence-electron chi connectivity index (χ2n) is 3.90. The van der Waals surface area contributed by atoms with Crippen molar-refractivity contribution in [3.8, 4) is 0 Å². The molecule has 1 aliphatic rings. The van der Waals surface area contributed by atoms with E-state index in [1.54, 1.807) is 0 Å². The van der Waals surface area contributed by atoms with E-state index in [0.29, 0.717) is 0 Å². The number of rotatable bonds is 2. The number of anilines is 2. The summed E-state index contributed by atoms with van der Waals surface area (Å²) in [5.41, 5.74) is 7.95. The zero-order valence-corrected chi connectivity index (χ0v) is 9.45. The lowest BCUT2D eigenvalue weighted by Gasteiger charge is -2.29. The maximum absolute atomic E-state index is 6.10. The molecule has 1 aromatic rings. The maximum atomic E-state index is 6.10. The first-order chi connectivity index (χ1) is 7.24. The van der Waals surface area contributed by atoms with Gasteiger partial charge in [-0.2, -0.15) is 5.10 Å². The lowest BCUT2D eigenvalue weighted by Crippen LogP contribution is -2.44. The zero-order chi connectivity index (χ0) is 10.8. The first-order valence-corrected chi connectivity index (χ1v) is 5.51. The second kappa shape index (κ2) is 4.10. The third-order valence-electron chi connectivity index (χ3n) is 2.88. The molecule has 1 aliphatic heterocycles. The third kappa shape index (κ3) is 1.79. The Balaban J connectivity index is 2.29. The molecule has 0 radical (unpaired) electrons. The minimum Gasteiger partial charge on any atom is -0.394 e. The van der Waals surface area contributed by atoms with Crippen molar-refractivity contribution in [2.75, 3.05) is 36.8 Å². The van der Waals surface area contributed by atoms with E-state index in [-0.39, 0.29) is 0 Å². The van der Waals surface area contributed by atoms with Crippen molar-refractivity contribution in [1.29, 1.82) is 0 Å². The van der Waals surface area contributed by atoms with Gasteiger partial charge in [-0.3, -0.25) is 4.68 Å². The normalized spacial score (nSPS) is 17.1. The molecule has 0 aromatic carbocycles. The molecule has 0 saturated carbocycles. The number of nitrogens with zero attached hydrogens (tertiary/aromatic N) is 3. The van der Waals surface area contributed by atoms with Gasteiger partial charge in [0.2, 0.25) is 0 Å². The predicted octanol–water partition coefficient (Wildman–Crippen LogP) is -0.0257. The molecule has 0 unspecified atom stereocenters. The van der Waals surface area contributed by atoms with Crippen LogP contribution in [-0.2, 0) is 13.5 Å². The van der Waals surface area contributed by atoms with Crippen LogP contribution in [0.3, 0.4) is 0 Å². The quantitative estimate of drug-likeness (QED) is 0.718. The van der Waals surface area contributed by atoms with Gasteiger partial charge < -0.3 is 16.0 Å². The molecule has 1 fully saturated rings. The van der Waals surface area contributed by atoms with E-state index in [4.69, 9.17) is 5.73 Å². The van der Waals surface area contributed by atoms with Crippen molar-refractivity contribution >= 4 is 11.5 Å². The van der Waals surface area contributed by atoms with Gasteiger partial charge in [0.25, 0.3) is 0 Å². The van der Waals surface area contributed by atoms with Crippen molar-refractivity contribution < 1.29 is 0 Å². The predicted molar refractivity (Wildman–Crippen MR) is 62.1 cm³/mol. The van der Waals surface area contributed by atoms with Crippen LogP contribution in [0, 0.1) is 0 Å². The van der Waals surface area contributed by atoms with Crippen LogP contribution >= 0.6 is 0 Å². The van der Waals surface area contributed by atoms with Crippen molar-refractivity contribution in [2.45, 2.75) is 13.3 Å². The fraction of sp³-hybridized carbons (Fsp3) is 0.700. The maximum Gasteiger partial charge on any atom is 0.150 e. The Morgan fingerprint density at radius 3 is 2.60 bits per heavy atom. The van der Waals surface area contributed by atoms with Crippen LogP contribution in [0.25, 0.3) is 0 Å². The number of nitrogens with one attached hydrogen (secondary N) is 1. The third-order valence-corrected chi connectivity index (χ3v) is 2.88. The molecule has 5 nitrogen and oxygen atoms in total. The van der Waals surface area contributed by atoms with E-state index in [0.717, 1.165) is 49.8 Å². The number of nitrogens with two attached hydrogens (primary N) is 1. The number of aromatic nitrogens is 2. The van der Waals surface area contributed by atoms with Gasteiger partial charge in [0.05, 0.1) is 11.4 Å². The molecule has 0 bridgehead atoms. The van der Waals surface area contributed by atoms with Crippen molar-refractivity contribution in [2.24, 2.45) is 7.05 Å². The molecule has 3 N–H and O–H groups in total. The Labute approximate surface area is 90.2 Å². The molecular formula is C10H19N5.